The highest BCUT2D eigenvalue weighted by molar-refractivity contribution is 7.16. The third-order valence-corrected chi connectivity index (χ3v) is 6.20. The molecule has 6 rings (SSSR count). The molecule has 3 aromatic heterocycles. The van der Waals surface area contributed by atoms with Gasteiger partial charge in [-0.3, -0.25) is 0 Å². The lowest BCUT2D eigenvalue weighted by atomic mass is 10.1. The molecule has 0 spiro atoms. The Morgan fingerprint density at radius 3 is 2.56 bits per heavy atom. The van der Waals surface area contributed by atoms with Gasteiger partial charge in [0.25, 0.3) is 0 Å². The van der Waals surface area contributed by atoms with E-state index in [1.807, 2.05) is 60.7 Å². The van der Waals surface area contributed by atoms with E-state index in [4.69, 9.17) is 20.8 Å². The van der Waals surface area contributed by atoms with Crippen molar-refractivity contribution in [3.8, 4) is 28.7 Å². The lowest BCUT2D eigenvalue weighted by Crippen LogP contribution is -1.97. The van der Waals surface area contributed by atoms with Crippen LogP contribution in [-0.2, 0) is 6.61 Å². The van der Waals surface area contributed by atoms with E-state index in [-0.39, 0.29) is 0 Å². The molecule has 0 bridgehead atoms. The van der Waals surface area contributed by atoms with Crippen LogP contribution in [-0.4, -0.2) is 19.8 Å². The summed E-state index contributed by atoms with van der Waals surface area (Å²) in [6.07, 6.45) is 0. The number of hydrogen-bond acceptors (Lipinski definition) is 6. The maximum Gasteiger partial charge on any atom is 0.235 e. The summed E-state index contributed by atoms with van der Waals surface area (Å²) in [7, 11) is 0. The maximum atomic E-state index is 6.01. The molecule has 0 saturated heterocycles. The van der Waals surface area contributed by atoms with Crippen LogP contribution in [0.5, 0.6) is 5.75 Å². The second kappa shape index (κ2) is 7.78. The maximum absolute atomic E-state index is 6.01. The molecule has 0 aliphatic heterocycles. The molecule has 0 aliphatic rings. The molecule has 0 unspecified atom stereocenters. The summed E-state index contributed by atoms with van der Waals surface area (Å²) in [5.41, 5.74) is 0.934. The second-order valence-electron chi connectivity index (χ2n) is 7.18. The molecule has 3 heterocycles. The molecule has 6 aromatic rings. The van der Waals surface area contributed by atoms with Crippen molar-refractivity contribution in [3.05, 3.63) is 88.9 Å². The molecule has 3 aromatic carbocycles. The topological polar surface area (TPSA) is 65.5 Å². The van der Waals surface area contributed by atoms with E-state index in [1.54, 1.807) is 4.52 Å². The van der Waals surface area contributed by atoms with Gasteiger partial charge in [0.2, 0.25) is 10.8 Å². The minimum Gasteiger partial charge on any atom is -0.486 e. The van der Waals surface area contributed by atoms with Gasteiger partial charge in [0.15, 0.2) is 10.8 Å². The number of hydrogen-bond donors (Lipinski definition) is 0. The van der Waals surface area contributed by atoms with Crippen LogP contribution in [0.1, 0.15) is 5.01 Å². The van der Waals surface area contributed by atoms with Gasteiger partial charge in [0.1, 0.15) is 18.1 Å². The fourth-order valence-electron chi connectivity index (χ4n) is 3.50. The van der Waals surface area contributed by atoms with Gasteiger partial charge in [-0.15, -0.1) is 10.2 Å². The zero-order valence-corrected chi connectivity index (χ0v) is 18.2. The third-order valence-electron chi connectivity index (χ3n) is 5.07. The van der Waals surface area contributed by atoms with Gasteiger partial charge >= 0.3 is 0 Å². The molecule has 32 heavy (non-hydrogen) atoms. The fourth-order valence-corrected chi connectivity index (χ4v) is 4.37. The van der Waals surface area contributed by atoms with Crippen LogP contribution in [0, 0.1) is 0 Å². The summed E-state index contributed by atoms with van der Waals surface area (Å²) < 4.78 is 13.7. The number of aromatic nitrogens is 4. The number of rotatable bonds is 5. The molecule has 0 saturated carbocycles. The molecule has 0 aliphatic carbocycles. The number of furan rings is 1. The van der Waals surface area contributed by atoms with Gasteiger partial charge < -0.3 is 9.15 Å². The first-order valence-corrected chi connectivity index (χ1v) is 11.1. The quantitative estimate of drug-likeness (QED) is 0.295. The van der Waals surface area contributed by atoms with Crippen molar-refractivity contribution in [1.82, 2.24) is 19.8 Å². The zero-order chi connectivity index (χ0) is 21.5. The van der Waals surface area contributed by atoms with Gasteiger partial charge in [-0.25, -0.2) is 0 Å². The van der Waals surface area contributed by atoms with Crippen LogP contribution in [0.3, 0.4) is 0 Å². The van der Waals surface area contributed by atoms with E-state index < -0.39 is 0 Å². The minimum atomic E-state index is 0.347. The van der Waals surface area contributed by atoms with E-state index in [0.717, 1.165) is 27.5 Å². The van der Waals surface area contributed by atoms with E-state index in [9.17, 15) is 0 Å². The van der Waals surface area contributed by atoms with Crippen molar-refractivity contribution < 1.29 is 9.15 Å². The van der Waals surface area contributed by atoms with Crippen molar-refractivity contribution in [2.75, 3.05) is 0 Å². The number of nitrogens with zero attached hydrogens (tertiary/aromatic N) is 4. The second-order valence-corrected chi connectivity index (χ2v) is 8.66. The summed E-state index contributed by atoms with van der Waals surface area (Å²) in [4.78, 5) is 0.682. The van der Waals surface area contributed by atoms with Crippen molar-refractivity contribution >= 4 is 38.7 Å². The molecule has 156 valence electrons. The van der Waals surface area contributed by atoms with Crippen molar-refractivity contribution in [2.24, 2.45) is 0 Å². The minimum absolute atomic E-state index is 0.347. The van der Waals surface area contributed by atoms with Crippen molar-refractivity contribution in [2.45, 2.75) is 6.61 Å². The van der Waals surface area contributed by atoms with Crippen LogP contribution in [0.25, 0.3) is 38.6 Å². The van der Waals surface area contributed by atoms with Gasteiger partial charge in [-0.05, 0) is 59.3 Å². The Kier molecular flexibility index (Phi) is 4.63. The van der Waals surface area contributed by atoms with Crippen LogP contribution in [0.2, 0.25) is 5.02 Å². The van der Waals surface area contributed by atoms with Crippen molar-refractivity contribution in [3.63, 3.8) is 0 Å². The monoisotopic (exact) mass is 458 g/mol. The molecular formula is C24H15ClN4O2S. The van der Waals surface area contributed by atoms with Crippen LogP contribution in [0.15, 0.2) is 83.3 Å². The molecule has 0 N–H and O–H groups in total. The standard InChI is InChI=1S/C24H15ClN4O2S/c25-18-8-5-16(6-9-18)20-11-12-21(31-20)23-26-27-24-29(23)28-22(32-24)14-30-19-10-7-15-3-1-2-4-17(15)13-19/h1-13H,14H2. The van der Waals surface area contributed by atoms with Crippen LogP contribution < -0.4 is 4.74 Å². The predicted octanol–water partition coefficient (Wildman–Crippen LogP) is 6.50. The van der Waals surface area contributed by atoms with Gasteiger partial charge in [-0.1, -0.05) is 53.3 Å². The smallest absolute Gasteiger partial charge is 0.235 e. The Hall–Kier alpha value is -3.68. The Morgan fingerprint density at radius 2 is 1.69 bits per heavy atom. The Morgan fingerprint density at radius 1 is 0.875 bits per heavy atom. The summed E-state index contributed by atoms with van der Waals surface area (Å²) in [5.74, 6) is 2.67. The summed E-state index contributed by atoms with van der Waals surface area (Å²) in [5, 5.41) is 16.9. The average Bonchev–Trinajstić information content (AvgIpc) is 3.54. The normalized spacial score (nSPS) is 11.4. The Balaban J connectivity index is 1.24. The molecule has 8 heteroatoms. The number of fused-ring (bicyclic) bond motifs is 2. The first kappa shape index (κ1) is 19.0. The summed E-state index contributed by atoms with van der Waals surface area (Å²) in [6.45, 7) is 0.347. The van der Waals surface area contributed by atoms with E-state index in [0.29, 0.717) is 28.2 Å². The zero-order valence-electron chi connectivity index (χ0n) is 16.6. The lowest BCUT2D eigenvalue weighted by Gasteiger charge is -2.05. The number of benzene rings is 3. The predicted molar refractivity (Wildman–Crippen MR) is 125 cm³/mol. The summed E-state index contributed by atoms with van der Waals surface area (Å²) >= 11 is 7.41. The fraction of sp³-hybridized carbons (Fsp3) is 0.0417. The van der Waals surface area contributed by atoms with Crippen LogP contribution >= 0.6 is 22.9 Å². The van der Waals surface area contributed by atoms with E-state index in [1.165, 1.54) is 16.7 Å². The van der Waals surface area contributed by atoms with E-state index in [2.05, 4.69) is 33.5 Å². The third kappa shape index (κ3) is 3.51. The number of ether oxygens (including phenoxy) is 1. The highest BCUT2D eigenvalue weighted by Crippen LogP contribution is 2.30. The highest BCUT2D eigenvalue weighted by atomic mass is 35.5. The first-order chi connectivity index (χ1) is 15.7. The molecule has 0 fully saturated rings. The molecule has 0 amide bonds. The molecule has 0 atom stereocenters. The Bertz CT molecular complexity index is 1550. The van der Waals surface area contributed by atoms with Crippen molar-refractivity contribution in [1.29, 1.82) is 0 Å². The van der Waals surface area contributed by atoms with Gasteiger partial charge in [0.05, 0.1) is 0 Å². The SMILES string of the molecule is Clc1ccc(-c2ccc(-c3nnc4sc(COc5ccc6ccccc6c5)nn34)o2)cc1. The molecule has 6 nitrogen and oxygen atoms in total. The first-order valence-electron chi connectivity index (χ1n) is 9.92. The highest BCUT2D eigenvalue weighted by Gasteiger charge is 2.17. The van der Waals surface area contributed by atoms with Crippen LogP contribution in [0.4, 0.5) is 0 Å². The largest absolute Gasteiger partial charge is 0.486 e. The molecular weight excluding hydrogens is 444 g/mol. The summed E-state index contributed by atoms with van der Waals surface area (Å²) in [6, 6.07) is 25.5. The number of halogens is 1. The van der Waals surface area contributed by atoms with Gasteiger partial charge in [-0.2, -0.15) is 9.61 Å². The van der Waals surface area contributed by atoms with Gasteiger partial charge in [0, 0.05) is 10.6 Å². The average molecular weight is 459 g/mol. The Labute approximate surface area is 191 Å². The lowest BCUT2D eigenvalue weighted by molar-refractivity contribution is 0.304. The molecule has 0 radical (unpaired) electrons. The van der Waals surface area contributed by atoms with E-state index >= 15 is 0 Å².